The number of amides is 1. The molecule has 3 nitrogen and oxygen atoms in total. The summed E-state index contributed by atoms with van der Waals surface area (Å²) in [4.78, 5) is 12.1. The van der Waals surface area contributed by atoms with Gasteiger partial charge < -0.3 is 10.6 Å². The minimum absolute atomic E-state index is 0.00119. The first-order valence-corrected chi connectivity index (χ1v) is 8.13. The molecule has 0 saturated heterocycles. The molecule has 21 heavy (non-hydrogen) atoms. The van der Waals surface area contributed by atoms with E-state index in [1.807, 2.05) is 32.0 Å². The van der Waals surface area contributed by atoms with Crippen molar-refractivity contribution in [3.05, 3.63) is 29.8 Å². The third-order valence-corrected chi connectivity index (χ3v) is 4.35. The van der Waals surface area contributed by atoms with Crippen molar-refractivity contribution in [3.8, 4) is 0 Å². The highest BCUT2D eigenvalue weighted by Gasteiger charge is 2.25. The molecule has 1 aromatic rings. The molecule has 1 fully saturated rings. The number of hydrogen-bond acceptors (Lipinski definition) is 2. The molecule has 1 saturated carbocycles. The molecule has 1 aliphatic carbocycles. The predicted molar refractivity (Wildman–Crippen MR) is 88.6 cm³/mol. The lowest BCUT2D eigenvalue weighted by Crippen LogP contribution is -2.33. The summed E-state index contributed by atoms with van der Waals surface area (Å²) < 4.78 is 0. The van der Waals surface area contributed by atoms with Crippen LogP contribution in [0.4, 0.5) is 5.69 Å². The van der Waals surface area contributed by atoms with Crippen molar-refractivity contribution in [2.45, 2.75) is 59.0 Å². The minimum Gasteiger partial charge on any atom is -0.382 e. The number of rotatable bonds is 4. The zero-order valence-corrected chi connectivity index (χ0v) is 13.6. The molecule has 0 spiro atoms. The standard InChI is InChI=1S/C18H28N2O/c1-12(2)19-18(21)15-6-5-7-16(11-15)20-17-10-13(3)8-9-14(17)4/h5-7,11-14,17,20H,8-10H2,1-4H3,(H,19,21). The van der Waals surface area contributed by atoms with Crippen molar-refractivity contribution in [1.82, 2.24) is 5.32 Å². The second-order valence-electron chi connectivity index (χ2n) is 6.86. The van der Waals surface area contributed by atoms with E-state index < -0.39 is 0 Å². The van der Waals surface area contributed by atoms with Crippen LogP contribution in [0.2, 0.25) is 0 Å². The van der Waals surface area contributed by atoms with Gasteiger partial charge >= 0.3 is 0 Å². The first-order valence-electron chi connectivity index (χ1n) is 8.13. The van der Waals surface area contributed by atoms with Crippen molar-refractivity contribution in [2.24, 2.45) is 11.8 Å². The molecule has 0 bridgehead atoms. The Morgan fingerprint density at radius 3 is 2.71 bits per heavy atom. The highest BCUT2D eigenvalue weighted by atomic mass is 16.1. The van der Waals surface area contributed by atoms with E-state index in [9.17, 15) is 4.79 Å². The van der Waals surface area contributed by atoms with Crippen molar-refractivity contribution < 1.29 is 4.79 Å². The lowest BCUT2D eigenvalue weighted by molar-refractivity contribution is 0.0943. The SMILES string of the molecule is CC1CCC(C)C(Nc2cccc(C(=O)NC(C)C)c2)C1. The molecule has 0 radical (unpaired) electrons. The smallest absolute Gasteiger partial charge is 0.251 e. The Balaban J connectivity index is 2.05. The number of anilines is 1. The van der Waals surface area contributed by atoms with Gasteiger partial charge in [-0.15, -0.1) is 0 Å². The van der Waals surface area contributed by atoms with Crippen LogP contribution in [-0.4, -0.2) is 18.0 Å². The highest BCUT2D eigenvalue weighted by molar-refractivity contribution is 5.95. The maximum Gasteiger partial charge on any atom is 0.251 e. The molecule has 2 N–H and O–H groups in total. The summed E-state index contributed by atoms with van der Waals surface area (Å²) in [5, 5.41) is 6.57. The fraction of sp³-hybridized carbons (Fsp3) is 0.611. The number of benzene rings is 1. The zero-order valence-electron chi connectivity index (χ0n) is 13.6. The molecular formula is C18H28N2O. The third kappa shape index (κ3) is 4.48. The summed E-state index contributed by atoms with van der Waals surface area (Å²) in [5.41, 5.74) is 1.78. The van der Waals surface area contributed by atoms with Crippen LogP contribution in [0.25, 0.3) is 0 Å². The number of carbonyl (C=O) groups is 1. The first-order chi connectivity index (χ1) is 9.95. The average molecular weight is 288 g/mol. The monoisotopic (exact) mass is 288 g/mol. The molecular weight excluding hydrogens is 260 g/mol. The van der Waals surface area contributed by atoms with E-state index in [0.717, 1.165) is 17.2 Å². The predicted octanol–water partition coefficient (Wildman–Crippen LogP) is 4.06. The number of hydrogen-bond donors (Lipinski definition) is 2. The Kier molecular flexibility index (Phi) is 5.27. The zero-order chi connectivity index (χ0) is 15.4. The van der Waals surface area contributed by atoms with Gasteiger partial charge in [0.05, 0.1) is 0 Å². The van der Waals surface area contributed by atoms with Gasteiger partial charge in [0.2, 0.25) is 0 Å². The van der Waals surface area contributed by atoms with Gasteiger partial charge in [-0.25, -0.2) is 0 Å². The Morgan fingerprint density at radius 1 is 1.24 bits per heavy atom. The van der Waals surface area contributed by atoms with Gasteiger partial charge in [-0.05, 0) is 56.7 Å². The summed E-state index contributed by atoms with van der Waals surface area (Å²) in [6.07, 6.45) is 3.83. The van der Waals surface area contributed by atoms with Crippen molar-refractivity contribution >= 4 is 11.6 Å². The lowest BCUT2D eigenvalue weighted by atomic mass is 9.80. The molecule has 3 heteroatoms. The fourth-order valence-electron chi connectivity index (χ4n) is 3.04. The molecule has 2 rings (SSSR count). The van der Waals surface area contributed by atoms with E-state index in [4.69, 9.17) is 0 Å². The molecule has 0 heterocycles. The van der Waals surface area contributed by atoms with Gasteiger partial charge in [0.15, 0.2) is 0 Å². The average Bonchev–Trinajstić information content (AvgIpc) is 2.42. The maximum absolute atomic E-state index is 12.1. The van der Waals surface area contributed by atoms with E-state index in [1.165, 1.54) is 19.3 Å². The maximum atomic E-state index is 12.1. The quantitative estimate of drug-likeness (QED) is 0.877. The molecule has 1 amide bonds. The molecule has 3 atom stereocenters. The fourth-order valence-corrected chi connectivity index (χ4v) is 3.04. The minimum atomic E-state index is -0.00119. The van der Waals surface area contributed by atoms with Crippen LogP contribution in [0.1, 0.15) is 57.3 Å². The molecule has 0 aliphatic heterocycles. The summed E-state index contributed by atoms with van der Waals surface area (Å²) >= 11 is 0. The van der Waals surface area contributed by atoms with E-state index >= 15 is 0 Å². The summed E-state index contributed by atoms with van der Waals surface area (Å²) in [6.45, 7) is 8.60. The second-order valence-corrected chi connectivity index (χ2v) is 6.86. The topological polar surface area (TPSA) is 41.1 Å². The van der Waals surface area contributed by atoms with Crippen molar-refractivity contribution in [1.29, 1.82) is 0 Å². The molecule has 0 aromatic heterocycles. The Hall–Kier alpha value is -1.51. The Bertz CT molecular complexity index is 484. The van der Waals surface area contributed by atoms with Crippen LogP contribution in [0.15, 0.2) is 24.3 Å². The van der Waals surface area contributed by atoms with E-state index in [-0.39, 0.29) is 11.9 Å². The number of carbonyl (C=O) groups excluding carboxylic acids is 1. The first kappa shape index (κ1) is 15.9. The summed E-state index contributed by atoms with van der Waals surface area (Å²) in [7, 11) is 0. The van der Waals surface area contributed by atoms with Crippen LogP contribution in [0.3, 0.4) is 0 Å². The lowest BCUT2D eigenvalue weighted by Gasteiger charge is -2.34. The molecule has 1 aromatic carbocycles. The van der Waals surface area contributed by atoms with Crippen LogP contribution >= 0.6 is 0 Å². The Morgan fingerprint density at radius 2 is 2.00 bits per heavy atom. The highest BCUT2D eigenvalue weighted by Crippen LogP contribution is 2.30. The Labute approximate surface area is 128 Å². The van der Waals surface area contributed by atoms with Gasteiger partial charge in [-0.3, -0.25) is 4.79 Å². The van der Waals surface area contributed by atoms with Gasteiger partial charge in [-0.1, -0.05) is 26.3 Å². The van der Waals surface area contributed by atoms with Crippen LogP contribution < -0.4 is 10.6 Å². The molecule has 3 unspecified atom stereocenters. The van der Waals surface area contributed by atoms with Gasteiger partial charge in [0.25, 0.3) is 5.91 Å². The largest absolute Gasteiger partial charge is 0.382 e. The number of nitrogens with one attached hydrogen (secondary N) is 2. The second kappa shape index (κ2) is 6.97. The van der Waals surface area contributed by atoms with Gasteiger partial charge in [0.1, 0.15) is 0 Å². The summed E-state index contributed by atoms with van der Waals surface area (Å²) in [6, 6.07) is 8.51. The van der Waals surface area contributed by atoms with Crippen LogP contribution in [0, 0.1) is 11.8 Å². The normalized spacial score (nSPS) is 25.7. The van der Waals surface area contributed by atoms with Gasteiger partial charge in [-0.2, -0.15) is 0 Å². The van der Waals surface area contributed by atoms with Crippen LogP contribution in [-0.2, 0) is 0 Å². The third-order valence-electron chi connectivity index (χ3n) is 4.35. The summed E-state index contributed by atoms with van der Waals surface area (Å²) in [5.74, 6) is 1.47. The van der Waals surface area contributed by atoms with E-state index in [0.29, 0.717) is 12.0 Å². The van der Waals surface area contributed by atoms with Crippen molar-refractivity contribution in [3.63, 3.8) is 0 Å². The van der Waals surface area contributed by atoms with Crippen molar-refractivity contribution in [2.75, 3.05) is 5.32 Å². The van der Waals surface area contributed by atoms with Crippen LogP contribution in [0.5, 0.6) is 0 Å². The van der Waals surface area contributed by atoms with Gasteiger partial charge in [0, 0.05) is 23.3 Å². The van der Waals surface area contributed by atoms with E-state index in [1.54, 1.807) is 0 Å². The molecule has 1 aliphatic rings. The molecule has 116 valence electrons. The van der Waals surface area contributed by atoms with E-state index in [2.05, 4.69) is 30.5 Å².